The van der Waals surface area contributed by atoms with E-state index in [0.29, 0.717) is 6.73 Å². The van der Waals surface area contributed by atoms with Crippen molar-refractivity contribution in [1.82, 2.24) is 4.90 Å². The first-order valence-electron chi connectivity index (χ1n) is 5.81. The fraction of sp³-hybridized carbons (Fsp3) is 0.462. The van der Waals surface area contributed by atoms with Gasteiger partial charge in [-0.15, -0.1) is 0 Å². The van der Waals surface area contributed by atoms with E-state index in [-0.39, 0.29) is 12.5 Å². The maximum atomic E-state index is 11.6. The van der Waals surface area contributed by atoms with Gasteiger partial charge in [0, 0.05) is 20.7 Å². The standard InChI is InChI=1S/C13H18N2O3/c1-14(9-17-3)7-10-4-5-12-11(6-10)15(2)13(16)8-18-12/h4-6H,7-9H2,1-3H3. The van der Waals surface area contributed by atoms with Crippen LogP contribution in [0.5, 0.6) is 5.75 Å². The highest BCUT2D eigenvalue weighted by Crippen LogP contribution is 2.32. The SMILES string of the molecule is COCN(C)Cc1ccc2c(c1)N(C)C(=O)CO2. The Morgan fingerprint density at radius 3 is 3.00 bits per heavy atom. The minimum absolute atomic E-state index is 0.0232. The van der Waals surface area contributed by atoms with Gasteiger partial charge in [-0.2, -0.15) is 0 Å². The number of anilines is 1. The van der Waals surface area contributed by atoms with Gasteiger partial charge in [-0.25, -0.2) is 0 Å². The van der Waals surface area contributed by atoms with Crippen LogP contribution in [0.2, 0.25) is 0 Å². The third-order valence-corrected chi connectivity index (χ3v) is 2.91. The lowest BCUT2D eigenvalue weighted by Crippen LogP contribution is -2.35. The molecule has 98 valence electrons. The molecule has 1 aromatic carbocycles. The number of likely N-dealkylation sites (N-methyl/N-ethyl adjacent to an activating group) is 1. The highest BCUT2D eigenvalue weighted by atomic mass is 16.5. The number of fused-ring (bicyclic) bond motifs is 1. The zero-order valence-electron chi connectivity index (χ0n) is 11.0. The van der Waals surface area contributed by atoms with Crippen LogP contribution in [0.3, 0.4) is 0 Å². The lowest BCUT2D eigenvalue weighted by molar-refractivity contribution is -0.120. The van der Waals surface area contributed by atoms with Crippen molar-refractivity contribution in [1.29, 1.82) is 0 Å². The first kappa shape index (κ1) is 12.9. The molecule has 18 heavy (non-hydrogen) atoms. The zero-order chi connectivity index (χ0) is 13.1. The van der Waals surface area contributed by atoms with Crippen molar-refractivity contribution >= 4 is 11.6 Å². The van der Waals surface area contributed by atoms with E-state index in [1.807, 2.05) is 30.1 Å². The van der Waals surface area contributed by atoms with Crippen molar-refractivity contribution in [2.45, 2.75) is 6.54 Å². The summed E-state index contributed by atoms with van der Waals surface area (Å²) in [5.41, 5.74) is 1.95. The van der Waals surface area contributed by atoms with Crippen LogP contribution in [0, 0.1) is 0 Å². The Kier molecular flexibility index (Phi) is 3.84. The van der Waals surface area contributed by atoms with Gasteiger partial charge in [0.1, 0.15) is 5.75 Å². The first-order chi connectivity index (χ1) is 8.61. The number of ether oxygens (including phenoxy) is 2. The van der Waals surface area contributed by atoms with Crippen molar-refractivity contribution in [3.8, 4) is 5.75 Å². The summed E-state index contributed by atoms with van der Waals surface area (Å²) in [6.45, 7) is 1.46. The van der Waals surface area contributed by atoms with E-state index < -0.39 is 0 Å². The molecule has 0 saturated carbocycles. The molecule has 0 radical (unpaired) electrons. The van der Waals surface area contributed by atoms with Gasteiger partial charge in [-0.1, -0.05) is 6.07 Å². The van der Waals surface area contributed by atoms with Crippen LogP contribution in [0.4, 0.5) is 5.69 Å². The number of methoxy groups -OCH3 is 1. The molecule has 0 spiro atoms. The topological polar surface area (TPSA) is 42.0 Å². The van der Waals surface area contributed by atoms with E-state index in [9.17, 15) is 4.79 Å². The average molecular weight is 250 g/mol. The largest absolute Gasteiger partial charge is 0.482 e. The predicted octanol–water partition coefficient (Wildman–Crippen LogP) is 1.08. The van der Waals surface area contributed by atoms with Crippen molar-refractivity contribution < 1.29 is 14.3 Å². The van der Waals surface area contributed by atoms with Crippen LogP contribution in [-0.4, -0.2) is 45.3 Å². The Balaban J connectivity index is 2.18. The number of rotatable bonds is 4. The second-order valence-corrected chi connectivity index (χ2v) is 4.48. The van der Waals surface area contributed by atoms with E-state index in [1.165, 1.54) is 0 Å². The van der Waals surface area contributed by atoms with Gasteiger partial charge >= 0.3 is 0 Å². The van der Waals surface area contributed by atoms with Crippen LogP contribution in [-0.2, 0) is 16.1 Å². The Labute approximate surface area is 107 Å². The molecule has 1 aliphatic heterocycles. The molecule has 1 heterocycles. The zero-order valence-corrected chi connectivity index (χ0v) is 11.0. The number of amides is 1. The minimum atomic E-state index is -0.0232. The third kappa shape index (κ3) is 2.63. The molecule has 0 saturated heterocycles. The summed E-state index contributed by atoms with van der Waals surface area (Å²) in [6, 6.07) is 5.90. The summed E-state index contributed by atoms with van der Waals surface area (Å²) in [5, 5.41) is 0. The molecule has 0 N–H and O–H groups in total. The Morgan fingerprint density at radius 2 is 2.28 bits per heavy atom. The second-order valence-electron chi connectivity index (χ2n) is 4.48. The molecule has 2 rings (SSSR count). The predicted molar refractivity (Wildman–Crippen MR) is 68.7 cm³/mol. The monoisotopic (exact) mass is 250 g/mol. The van der Waals surface area contributed by atoms with E-state index >= 15 is 0 Å². The lowest BCUT2D eigenvalue weighted by atomic mass is 10.1. The normalized spacial score (nSPS) is 14.7. The second kappa shape index (κ2) is 5.37. The highest BCUT2D eigenvalue weighted by Gasteiger charge is 2.22. The molecule has 1 aliphatic rings. The summed E-state index contributed by atoms with van der Waals surface area (Å²) in [7, 11) is 5.42. The van der Waals surface area contributed by atoms with Gasteiger partial charge in [0.05, 0.1) is 12.4 Å². The molecule has 0 fully saturated rings. The number of hydrogen-bond donors (Lipinski definition) is 0. The van der Waals surface area contributed by atoms with Crippen molar-refractivity contribution in [2.75, 3.05) is 39.4 Å². The van der Waals surface area contributed by atoms with Gasteiger partial charge in [0.25, 0.3) is 5.91 Å². The fourth-order valence-corrected chi connectivity index (χ4v) is 1.99. The van der Waals surface area contributed by atoms with Crippen LogP contribution in [0.1, 0.15) is 5.56 Å². The van der Waals surface area contributed by atoms with E-state index in [1.54, 1.807) is 19.1 Å². The quantitative estimate of drug-likeness (QED) is 0.750. The molecule has 1 amide bonds. The Hall–Kier alpha value is -1.59. The van der Waals surface area contributed by atoms with Crippen molar-refractivity contribution in [2.24, 2.45) is 0 Å². The molecular weight excluding hydrogens is 232 g/mol. The molecule has 0 bridgehead atoms. The molecule has 5 heteroatoms. The van der Waals surface area contributed by atoms with E-state index in [2.05, 4.69) is 0 Å². The van der Waals surface area contributed by atoms with Crippen LogP contribution in [0.15, 0.2) is 18.2 Å². The molecule has 0 aromatic heterocycles. The summed E-state index contributed by atoms with van der Waals surface area (Å²) in [4.78, 5) is 15.2. The lowest BCUT2D eigenvalue weighted by Gasteiger charge is -2.27. The molecule has 0 aliphatic carbocycles. The molecular formula is C13H18N2O3. The molecule has 5 nitrogen and oxygen atoms in total. The number of benzene rings is 1. The van der Waals surface area contributed by atoms with Gasteiger partial charge in [-0.05, 0) is 24.7 Å². The number of nitrogens with zero attached hydrogens (tertiary/aromatic N) is 2. The smallest absolute Gasteiger partial charge is 0.264 e. The van der Waals surface area contributed by atoms with E-state index in [0.717, 1.165) is 23.5 Å². The summed E-state index contributed by atoms with van der Waals surface area (Å²) in [5.74, 6) is 0.736. The minimum Gasteiger partial charge on any atom is -0.482 e. The highest BCUT2D eigenvalue weighted by molar-refractivity contribution is 5.97. The Morgan fingerprint density at radius 1 is 1.50 bits per heavy atom. The summed E-state index contributed by atoms with van der Waals surface area (Å²) < 4.78 is 10.4. The number of hydrogen-bond acceptors (Lipinski definition) is 4. The van der Waals surface area contributed by atoms with Crippen LogP contribution < -0.4 is 9.64 Å². The number of carbonyl (C=O) groups is 1. The summed E-state index contributed by atoms with van der Waals surface area (Å²) in [6.07, 6.45) is 0. The molecule has 1 aromatic rings. The Bertz CT molecular complexity index is 448. The van der Waals surface area contributed by atoms with Gasteiger partial charge in [-0.3, -0.25) is 9.69 Å². The molecule has 0 unspecified atom stereocenters. The number of carbonyl (C=O) groups excluding carboxylic acids is 1. The fourth-order valence-electron chi connectivity index (χ4n) is 1.99. The molecule has 0 atom stereocenters. The average Bonchev–Trinajstić information content (AvgIpc) is 2.35. The van der Waals surface area contributed by atoms with E-state index in [4.69, 9.17) is 9.47 Å². The van der Waals surface area contributed by atoms with Crippen LogP contribution in [0.25, 0.3) is 0 Å². The third-order valence-electron chi connectivity index (χ3n) is 2.91. The van der Waals surface area contributed by atoms with Gasteiger partial charge in [0.15, 0.2) is 6.61 Å². The van der Waals surface area contributed by atoms with Gasteiger partial charge in [0.2, 0.25) is 0 Å². The maximum Gasteiger partial charge on any atom is 0.264 e. The van der Waals surface area contributed by atoms with Crippen molar-refractivity contribution in [3.05, 3.63) is 23.8 Å². The van der Waals surface area contributed by atoms with Crippen LogP contribution >= 0.6 is 0 Å². The first-order valence-corrected chi connectivity index (χ1v) is 5.81. The van der Waals surface area contributed by atoms with Crippen molar-refractivity contribution in [3.63, 3.8) is 0 Å². The summed E-state index contributed by atoms with van der Waals surface area (Å²) >= 11 is 0. The maximum absolute atomic E-state index is 11.6. The van der Waals surface area contributed by atoms with Gasteiger partial charge < -0.3 is 14.4 Å².